The molecule has 0 saturated carbocycles. The molecule has 2 N–H and O–H groups in total. The third-order valence-corrected chi connectivity index (χ3v) is 2.79. The molecule has 2 amide bonds. The Hall–Kier alpha value is -1.51. The van der Waals surface area contributed by atoms with Crippen LogP contribution in [0.3, 0.4) is 0 Å². The van der Waals surface area contributed by atoms with Crippen LogP contribution in [-0.2, 0) is 0 Å². The molecule has 0 saturated heterocycles. The summed E-state index contributed by atoms with van der Waals surface area (Å²) in [5, 5.41) is 0. The molecule has 0 aliphatic carbocycles. The molecule has 1 atom stereocenters. The van der Waals surface area contributed by atoms with Gasteiger partial charge in [0.1, 0.15) is 0 Å². The highest BCUT2D eigenvalue weighted by Gasteiger charge is 2.07. The van der Waals surface area contributed by atoms with Crippen LogP contribution < -0.4 is 10.6 Å². The first kappa shape index (κ1) is 11.6. The average molecular weight is 206 g/mol. The number of nitrogens with zero attached hydrogens (tertiary/aromatic N) is 1. The normalized spacial score (nSPS) is 12.2. The molecule has 0 radical (unpaired) electrons. The number of anilines is 1. The van der Waals surface area contributed by atoms with Gasteiger partial charge in [-0.3, -0.25) is 4.90 Å². The van der Waals surface area contributed by atoms with Crippen molar-refractivity contribution in [1.29, 1.82) is 0 Å². The Bertz CT molecular complexity index is 332. The monoisotopic (exact) mass is 206 g/mol. The Kier molecular flexibility index (Phi) is 3.72. The van der Waals surface area contributed by atoms with Gasteiger partial charge in [0.05, 0.1) is 0 Å². The van der Waals surface area contributed by atoms with Crippen molar-refractivity contribution in [2.75, 3.05) is 11.9 Å². The Labute approximate surface area is 90.9 Å². The number of amides is 2. The number of carbonyl (C=O) groups excluding carboxylic acids is 1. The molecule has 1 aromatic rings. The molecule has 3 nitrogen and oxygen atoms in total. The van der Waals surface area contributed by atoms with Crippen molar-refractivity contribution in [3.05, 3.63) is 29.8 Å². The van der Waals surface area contributed by atoms with Crippen LogP contribution in [0.5, 0.6) is 0 Å². The lowest BCUT2D eigenvalue weighted by Crippen LogP contribution is -2.31. The molecule has 0 fully saturated rings. The maximum absolute atomic E-state index is 10.9. The minimum atomic E-state index is -0.439. The fourth-order valence-corrected chi connectivity index (χ4v) is 1.39. The molecule has 0 aromatic heterocycles. The second-order valence-electron chi connectivity index (χ2n) is 3.80. The Balaban J connectivity index is 2.85. The third-order valence-electron chi connectivity index (χ3n) is 2.79. The third kappa shape index (κ3) is 2.72. The minimum Gasteiger partial charge on any atom is -0.351 e. The van der Waals surface area contributed by atoms with E-state index in [1.54, 1.807) is 7.05 Å². The number of primary amides is 1. The van der Waals surface area contributed by atoms with Gasteiger partial charge < -0.3 is 5.73 Å². The van der Waals surface area contributed by atoms with Gasteiger partial charge >= 0.3 is 6.03 Å². The first-order valence-corrected chi connectivity index (χ1v) is 5.19. The van der Waals surface area contributed by atoms with Gasteiger partial charge in [-0.1, -0.05) is 26.0 Å². The van der Waals surface area contributed by atoms with Crippen LogP contribution >= 0.6 is 0 Å². The van der Waals surface area contributed by atoms with E-state index in [4.69, 9.17) is 5.73 Å². The fourth-order valence-electron chi connectivity index (χ4n) is 1.39. The van der Waals surface area contributed by atoms with Gasteiger partial charge in [0.15, 0.2) is 0 Å². The van der Waals surface area contributed by atoms with E-state index in [2.05, 4.69) is 13.8 Å². The Morgan fingerprint density at radius 3 is 2.33 bits per heavy atom. The number of benzene rings is 1. The smallest absolute Gasteiger partial charge is 0.318 e. The van der Waals surface area contributed by atoms with Gasteiger partial charge in [-0.15, -0.1) is 0 Å². The van der Waals surface area contributed by atoms with Gasteiger partial charge in [-0.2, -0.15) is 0 Å². The van der Waals surface area contributed by atoms with E-state index >= 15 is 0 Å². The van der Waals surface area contributed by atoms with E-state index in [1.807, 2.05) is 24.3 Å². The number of urea groups is 1. The van der Waals surface area contributed by atoms with Crippen LogP contribution in [-0.4, -0.2) is 13.1 Å². The minimum absolute atomic E-state index is 0.439. The first-order chi connectivity index (χ1) is 7.06. The van der Waals surface area contributed by atoms with Crippen molar-refractivity contribution in [3.63, 3.8) is 0 Å². The van der Waals surface area contributed by atoms with Crippen molar-refractivity contribution in [1.82, 2.24) is 0 Å². The van der Waals surface area contributed by atoms with Crippen LogP contribution in [0.2, 0.25) is 0 Å². The summed E-state index contributed by atoms with van der Waals surface area (Å²) in [6.45, 7) is 4.35. The topological polar surface area (TPSA) is 46.3 Å². The number of hydrogen-bond donors (Lipinski definition) is 1. The molecule has 0 spiro atoms. The summed E-state index contributed by atoms with van der Waals surface area (Å²) in [6.07, 6.45) is 1.12. The molecule has 82 valence electrons. The van der Waals surface area contributed by atoms with Crippen LogP contribution in [0, 0.1) is 0 Å². The highest BCUT2D eigenvalue weighted by Crippen LogP contribution is 2.21. The Morgan fingerprint density at radius 1 is 1.40 bits per heavy atom. The lowest BCUT2D eigenvalue weighted by Gasteiger charge is -2.15. The molecule has 0 aliphatic rings. The number of rotatable bonds is 3. The van der Waals surface area contributed by atoms with Crippen molar-refractivity contribution < 1.29 is 4.79 Å². The van der Waals surface area contributed by atoms with E-state index in [-0.39, 0.29) is 0 Å². The highest BCUT2D eigenvalue weighted by molar-refractivity contribution is 5.89. The van der Waals surface area contributed by atoms with E-state index in [9.17, 15) is 4.79 Å². The van der Waals surface area contributed by atoms with E-state index in [0.717, 1.165) is 12.1 Å². The summed E-state index contributed by atoms with van der Waals surface area (Å²) in [4.78, 5) is 12.4. The van der Waals surface area contributed by atoms with Gasteiger partial charge in [0.2, 0.25) is 0 Å². The molecule has 3 heteroatoms. The highest BCUT2D eigenvalue weighted by atomic mass is 16.2. The summed E-state index contributed by atoms with van der Waals surface area (Å²) in [6, 6.07) is 7.50. The predicted octanol–water partition coefficient (Wildman–Crippen LogP) is 2.71. The molecular formula is C12H18N2O. The van der Waals surface area contributed by atoms with Crippen molar-refractivity contribution in [2.24, 2.45) is 5.73 Å². The number of carbonyl (C=O) groups is 1. The van der Waals surface area contributed by atoms with Crippen LogP contribution in [0.15, 0.2) is 24.3 Å². The largest absolute Gasteiger partial charge is 0.351 e. The van der Waals surface area contributed by atoms with Crippen LogP contribution in [0.1, 0.15) is 31.7 Å². The zero-order valence-electron chi connectivity index (χ0n) is 9.53. The maximum atomic E-state index is 10.9. The molecule has 0 aliphatic heterocycles. The maximum Gasteiger partial charge on any atom is 0.318 e. The van der Waals surface area contributed by atoms with Gasteiger partial charge in [0, 0.05) is 12.7 Å². The average Bonchev–Trinajstić information content (AvgIpc) is 2.27. The number of nitrogens with two attached hydrogens (primary N) is 1. The summed E-state index contributed by atoms with van der Waals surface area (Å²) >= 11 is 0. The molecule has 0 bridgehead atoms. The molecule has 0 heterocycles. The number of hydrogen-bond acceptors (Lipinski definition) is 1. The van der Waals surface area contributed by atoms with Gasteiger partial charge in [-0.25, -0.2) is 4.79 Å². The second-order valence-corrected chi connectivity index (χ2v) is 3.80. The summed E-state index contributed by atoms with van der Waals surface area (Å²) in [7, 11) is 1.67. The first-order valence-electron chi connectivity index (χ1n) is 5.19. The lowest BCUT2D eigenvalue weighted by atomic mass is 9.98. The quantitative estimate of drug-likeness (QED) is 0.812. The summed E-state index contributed by atoms with van der Waals surface area (Å²) in [5.41, 5.74) is 7.30. The van der Waals surface area contributed by atoms with E-state index in [1.165, 1.54) is 10.5 Å². The Morgan fingerprint density at radius 2 is 1.93 bits per heavy atom. The predicted molar refractivity (Wildman–Crippen MR) is 63.1 cm³/mol. The van der Waals surface area contributed by atoms with Crippen molar-refractivity contribution in [3.8, 4) is 0 Å². The SMILES string of the molecule is CCC(C)c1ccc(N(C)C(N)=O)cc1. The molecule has 1 unspecified atom stereocenters. The summed E-state index contributed by atoms with van der Waals surface area (Å²) in [5.74, 6) is 0.554. The molecular weight excluding hydrogens is 188 g/mol. The fraction of sp³-hybridized carbons (Fsp3) is 0.417. The van der Waals surface area contributed by atoms with E-state index in [0.29, 0.717) is 5.92 Å². The zero-order valence-corrected chi connectivity index (χ0v) is 9.53. The van der Waals surface area contributed by atoms with Crippen LogP contribution in [0.25, 0.3) is 0 Å². The molecule has 1 rings (SSSR count). The van der Waals surface area contributed by atoms with E-state index < -0.39 is 6.03 Å². The summed E-state index contributed by atoms with van der Waals surface area (Å²) < 4.78 is 0. The van der Waals surface area contributed by atoms with Gasteiger partial charge in [0.25, 0.3) is 0 Å². The van der Waals surface area contributed by atoms with Crippen LogP contribution in [0.4, 0.5) is 10.5 Å². The zero-order chi connectivity index (χ0) is 11.4. The van der Waals surface area contributed by atoms with Crippen molar-refractivity contribution >= 4 is 11.7 Å². The second kappa shape index (κ2) is 4.82. The van der Waals surface area contributed by atoms with Crippen molar-refractivity contribution in [2.45, 2.75) is 26.2 Å². The van der Waals surface area contributed by atoms with Gasteiger partial charge in [-0.05, 0) is 30.0 Å². The molecule has 15 heavy (non-hydrogen) atoms. The molecule has 1 aromatic carbocycles. The standard InChI is InChI=1S/C12H18N2O/c1-4-9(2)10-5-7-11(8-6-10)14(3)12(13)15/h5-9H,4H2,1-3H3,(H2,13,15). The lowest BCUT2D eigenvalue weighted by molar-refractivity contribution is 0.255.